The van der Waals surface area contributed by atoms with E-state index in [-0.39, 0.29) is 39.7 Å². The Morgan fingerprint density at radius 2 is 1.83 bits per heavy atom. The fourth-order valence-corrected chi connectivity index (χ4v) is 5.94. The first-order chi connectivity index (χ1) is 16.3. The number of amides is 2. The van der Waals surface area contributed by atoms with Crippen LogP contribution in [0, 0.1) is 0 Å². The number of primary amides is 1. The Balaban J connectivity index is 1.44. The first-order valence-corrected chi connectivity index (χ1v) is 13.7. The Hall–Kier alpha value is -2.85. The van der Waals surface area contributed by atoms with Crippen LogP contribution >= 0.6 is 11.6 Å². The minimum atomic E-state index is -3.61. The number of carbonyl (C=O) groups is 2. The standard InChI is InChI=1S/C24H29ClN4O5S/c1-24(2,34-19-8-5-15(25)10-20(19)35(3,32)33)23(31)28-16-11-17-6-7-18(12-16)29(17)21-9-4-14(13-27-21)22(26)30/h4-5,8-10,13,16-18H,6-7,11-12H2,1-3H3,(H2,26,30)(H,28,31). The maximum absolute atomic E-state index is 13.2. The Morgan fingerprint density at radius 3 is 2.37 bits per heavy atom. The van der Waals surface area contributed by atoms with E-state index < -0.39 is 21.3 Å². The predicted octanol–water partition coefficient (Wildman–Crippen LogP) is 2.71. The Morgan fingerprint density at radius 1 is 1.17 bits per heavy atom. The molecule has 9 nitrogen and oxygen atoms in total. The van der Waals surface area contributed by atoms with Crippen LogP contribution < -0.4 is 20.7 Å². The molecular weight excluding hydrogens is 492 g/mol. The predicted molar refractivity (Wildman–Crippen MR) is 132 cm³/mol. The van der Waals surface area contributed by atoms with Gasteiger partial charge in [-0.1, -0.05) is 11.6 Å². The number of hydrogen-bond donors (Lipinski definition) is 2. The normalized spacial score (nSPS) is 22.1. The molecular formula is C24H29ClN4O5S. The molecule has 2 saturated heterocycles. The third-order valence-electron chi connectivity index (χ3n) is 6.58. The van der Waals surface area contributed by atoms with Crippen molar-refractivity contribution in [3.05, 3.63) is 47.1 Å². The van der Waals surface area contributed by atoms with Crippen molar-refractivity contribution in [2.45, 2.75) is 68.2 Å². The van der Waals surface area contributed by atoms with E-state index in [1.54, 1.807) is 19.9 Å². The molecule has 0 aliphatic carbocycles. The molecule has 2 amide bonds. The molecule has 4 rings (SSSR count). The monoisotopic (exact) mass is 520 g/mol. The molecule has 1 aromatic carbocycles. The molecule has 0 saturated carbocycles. The van der Waals surface area contributed by atoms with Crippen molar-refractivity contribution in [3.8, 4) is 5.75 Å². The lowest BCUT2D eigenvalue weighted by molar-refractivity contribution is -0.135. The summed E-state index contributed by atoms with van der Waals surface area (Å²) in [6.07, 6.45) is 6.02. The zero-order chi connectivity index (χ0) is 25.5. The Labute approximate surface area is 209 Å². The van der Waals surface area contributed by atoms with E-state index in [4.69, 9.17) is 22.1 Å². The summed E-state index contributed by atoms with van der Waals surface area (Å²) >= 11 is 5.97. The molecule has 2 unspecified atom stereocenters. The number of hydrogen-bond acceptors (Lipinski definition) is 7. The summed E-state index contributed by atoms with van der Waals surface area (Å²) in [5, 5.41) is 3.36. The second-order valence-corrected chi connectivity index (χ2v) is 12.1. The number of carbonyl (C=O) groups excluding carboxylic acids is 2. The summed E-state index contributed by atoms with van der Waals surface area (Å²) in [5.74, 6) is 0.0404. The van der Waals surface area contributed by atoms with Gasteiger partial charge in [-0.25, -0.2) is 13.4 Å². The summed E-state index contributed by atoms with van der Waals surface area (Å²) in [6.45, 7) is 3.22. The minimum absolute atomic E-state index is 0.0522. The van der Waals surface area contributed by atoms with Crippen LogP contribution in [-0.2, 0) is 14.6 Å². The van der Waals surface area contributed by atoms with Gasteiger partial charge in [0.25, 0.3) is 5.91 Å². The lowest BCUT2D eigenvalue weighted by Crippen LogP contribution is -2.55. The fourth-order valence-electron chi connectivity index (χ4n) is 4.89. The number of halogens is 1. The fraction of sp³-hybridized carbons (Fsp3) is 0.458. The first-order valence-electron chi connectivity index (χ1n) is 11.4. The number of anilines is 1. The van der Waals surface area contributed by atoms with Crippen molar-refractivity contribution in [3.63, 3.8) is 0 Å². The highest BCUT2D eigenvalue weighted by atomic mass is 35.5. The molecule has 1 aromatic heterocycles. The van der Waals surface area contributed by atoms with Crippen molar-refractivity contribution in [1.82, 2.24) is 10.3 Å². The van der Waals surface area contributed by atoms with E-state index in [1.807, 2.05) is 6.07 Å². The first kappa shape index (κ1) is 25.2. The SMILES string of the molecule is CC(C)(Oc1ccc(Cl)cc1S(C)(=O)=O)C(=O)NC1CC2CCC(C1)N2c1ccc(C(N)=O)cn1. The maximum atomic E-state index is 13.2. The number of nitrogens with one attached hydrogen (secondary N) is 1. The van der Waals surface area contributed by atoms with Crippen LogP contribution in [0.4, 0.5) is 5.82 Å². The van der Waals surface area contributed by atoms with Gasteiger partial charge in [-0.3, -0.25) is 9.59 Å². The number of piperidine rings is 1. The van der Waals surface area contributed by atoms with Gasteiger partial charge in [0, 0.05) is 35.6 Å². The van der Waals surface area contributed by atoms with Gasteiger partial charge in [-0.15, -0.1) is 0 Å². The van der Waals surface area contributed by atoms with E-state index in [0.717, 1.165) is 37.8 Å². The summed E-state index contributed by atoms with van der Waals surface area (Å²) < 4.78 is 30.3. The lowest BCUT2D eigenvalue weighted by Gasteiger charge is -2.40. The molecule has 35 heavy (non-hydrogen) atoms. The van der Waals surface area contributed by atoms with E-state index in [9.17, 15) is 18.0 Å². The van der Waals surface area contributed by atoms with Crippen LogP contribution in [0.25, 0.3) is 0 Å². The summed E-state index contributed by atoms with van der Waals surface area (Å²) in [6, 6.07) is 8.17. The number of fused-ring (bicyclic) bond motifs is 2. The highest BCUT2D eigenvalue weighted by molar-refractivity contribution is 7.90. The number of sulfone groups is 1. The number of nitrogens with two attached hydrogens (primary N) is 1. The molecule has 2 aliphatic heterocycles. The number of benzene rings is 1. The second kappa shape index (κ2) is 9.31. The van der Waals surface area contributed by atoms with Crippen molar-refractivity contribution in [2.75, 3.05) is 11.2 Å². The lowest BCUT2D eigenvalue weighted by atomic mass is 9.96. The second-order valence-electron chi connectivity index (χ2n) is 9.68. The Kier molecular flexibility index (Phi) is 6.72. The topological polar surface area (TPSA) is 132 Å². The zero-order valence-electron chi connectivity index (χ0n) is 19.8. The largest absolute Gasteiger partial charge is 0.477 e. The smallest absolute Gasteiger partial charge is 0.263 e. The molecule has 3 heterocycles. The van der Waals surface area contributed by atoms with Crippen LogP contribution in [0.3, 0.4) is 0 Å². The number of ether oxygens (including phenoxy) is 1. The molecule has 2 fully saturated rings. The van der Waals surface area contributed by atoms with Gasteiger partial charge in [-0.2, -0.15) is 0 Å². The van der Waals surface area contributed by atoms with Gasteiger partial charge in [0.15, 0.2) is 15.4 Å². The van der Waals surface area contributed by atoms with Gasteiger partial charge in [0.05, 0.1) is 5.56 Å². The van der Waals surface area contributed by atoms with Crippen molar-refractivity contribution in [2.24, 2.45) is 5.73 Å². The molecule has 3 N–H and O–H groups in total. The summed E-state index contributed by atoms with van der Waals surface area (Å²) in [5.41, 5.74) is 4.37. The van der Waals surface area contributed by atoms with Gasteiger partial charge >= 0.3 is 0 Å². The van der Waals surface area contributed by atoms with E-state index >= 15 is 0 Å². The average Bonchev–Trinajstić information content (AvgIpc) is 3.04. The average molecular weight is 521 g/mol. The van der Waals surface area contributed by atoms with Gasteiger partial charge in [-0.05, 0) is 69.9 Å². The van der Waals surface area contributed by atoms with E-state index in [2.05, 4.69) is 15.2 Å². The van der Waals surface area contributed by atoms with Gasteiger partial charge in [0.1, 0.15) is 16.5 Å². The zero-order valence-corrected chi connectivity index (χ0v) is 21.4. The quantitative estimate of drug-likeness (QED) is 0.573. The molecule has 2 bridgehead atoms. The van der Waals surface area contributed by atoms with Crippen molar-refractivity contribution in [1.29, 1.82) is 0 Å². The maximum Gasteiger partial charge on any atom is 0.263 e. The number of pyridine rings is 1. The number of aromatic nitrogens is 1. The molecule has 0 radical (unpaired) electrons. The summed E-state index contributed by atoms with van der Waals surface area (Å²) in [7, 11) is -3.61. The number of rotatable bonds is 7. The van der Waals surface area contributed by atoms with E-state index in [1.165, 1.54) is 24.4 Å². The Bertz CT molecular complexity index is 1240. The van der Waals surface area contributed by atoms with Gasteiger partial charge < -0.3 is 20.7 Å². The third kappa shape index (κ3) is 5.38. The molecule has 188 valence electrons. The molecule has 2 aromatic rings. The van der Waals surface area contributed by atoms with Crippen LogP contribution in [0.15, 0.2) is 41.4 Å². The van der Waals surface area contributed by atoms with Gasteiger partial charge in [0.2, 0.25) is 5.91 Å². The number of nitrogens with zero attached hydrogens (tertiary/aromatic N) is 2. The highest BCUT2D eigenvalue weighted by Crippen LogP contribution is 2.39. The van der Waals surface area contributed by atoms with Crippen LogP contribution in [0.1, 0.15) is 49.9 Å². The van der Waals surface area contributed by atoms with Crippen LogP contribution in [0.5, 0.6) is 5.75 Å². The summed E-state index contributed by atoms with van der Waals surface area (Å²) in [4.78, 5) is 31.1. The molecule has 0 spiro atoms. The van der Waals surface area contributed by atoms with Crippen molar-refractivity contribution < 1.29 is 22.7 Å². The third-order valence-corrected chi connectivity index (χ3v) is 7.94. The highest BCUT2D eigenvalue weighted by Gasteiger charge is 2.43. The van der Waals surface area contributed by atoms with Crippen molar-refractivity contribution >= 4 is 39.1 Å². The molecule has 2 aliphatic rings. The van der Waals surface area contributed by atoms with E-state index in [0.29, 0.717) is 5.56 Å². The minimum Gasteiger partial charge on any atom is -0.477 e. The van der Waals surface area contributed by atoms with Crippen LogP contribution in [0.2, 0.25) is 5.02 Å². The van der Waals surface area contributed by atoms with Crippen LogP contribution in [-0.4, -0.2) is 55.2 Å². The molecule has 11 heteroatoms. The molecule has 2 atom stereocenters.